The first-order valence-electron chi connectivity index (χ1n) is 5.85. The van der Waals surface area contributed by atoms with Gasteiger partial charge in [-0.1, -0.05) is 0 Å². The molecule has 3 aromatic heterocycles. The second-order valence-electron chi connectivity index (χ2n) is 4.12. The van der Waals surface area contributed by atoms with E-state index < -0.39 is 0 Å². The fourth-order valence-electron chi connectivity index (χ4n) is 1.89. The second kappa shape index (κ2) is 4.56. The van der Waals surface area contributed by atoms with E-state index in [1.54, 1.807) is 35.3 Å². The molecule has 1 N–H and O–H groups in total. The molecule has 0 unspecified atom stereocenters. The van der Waals surface area contributed by atoms with Crippen molar-refractivity contribution in [3.8, 4) is 0 Å². The Morgan fingerprint density at radius 1 is 1.47 bits per heavy atom. The van der Waals surface area contributed by atoms with Gasteiger partial charge in [-0.25, -0.2) is 9.50 Å². The minimum absolute atomic E-state index is 0.196. The van der Waals surface area contributed by atoms with E-state index in [1.807, 2.05) is 13.0 Å². The number of aryl methyl sites for hydroxylation is 1. The topological polar surface area (TPSA) is 72.4 Å². The van der Waals surface area contributed by atoms with Gasteiger partial charge in [0.15, 0.2) is 5.65 Å². The lowest BCUT2D eigenvalue weighted by Gasteiger charge is -2.07. The summed E-state index contributed by atoms with van der Waals surface area (Å²) in [7, 11) is 0. The van der Waals surface area contributed by atoms with Crippen molar-refractivity contribution in [2.75, 3.05) is 0 Å². The number of hydrogen-bond donors (Lipinski definition) is 1. The van der Waals surface area contributed by atoms with E-state index in [4.69, 9.17) is 4.42 Å². The van der Waals surface area contributed by atoms with E-state index in [-0.39, 0.29) is 5.91 Å². The summed E-state index contributed by atoms with van der Waals surface area (Å²) < 4.78 is 6.80. The average molecular weight is 256 g/mol. The third-order valence-electron chi connectivity index (χ3n) is 2.90. The molecule has 0 bridgehead atoms. The molecule has 6 heteroatoms. The van der Waals surface area contributed by atoms with Crippen molar-refractivity contribution in [2.24, 2.45) is 0 Å². The monoisotopic (exact) mass is 256 g/mol. The summed E-state index contributed by atoms with van der Waals surface area (Å²) in [5.74, 6) is 0.512. The van der Waals surface area contributed by atoms with Crippen molar-refractivity contribution in [1.82, 2.24) is 19.9 Å². The molecule has 0 saturated heterocycles. The quantitative estimate of drug-likeness (QED) is 0.771. The minimum atomic E-state index is -0.196. The third kappa shape index (κ3) is 2.08. The maximum atomic E-state index is 12.1. The molecule has 0 aliphatic heterocycles. The molecule has 3 aromatic rings. The smallest absolute Gasteiger partial charge is 0.255 e. The number of carbonyl (C=O) groups excluding carboxylic acids is 1. The van der Waals surface area contributed by atoms with Gasteiger partial charge in [-0.15, -0.1) is 0 Å². The fraction of sp³-hybridized carbons (Fsp3) is 0.154. The number of nitrogens with zero attached hydrogens (tertiary/aromatic N) is 3. The molecule has 0 aromatic carbocycles. The zero-order valence-corrected chi connectivity index (χ0v) is 10.3. The van der Waals surface area contributed by atoms with Crippen LogP contribution in [0.2, 0.25) is 0 Å². The summed E-state index contributed by atoms with van der Waals surface area (Å²) in [6, 6.07) is 5.38. The number of furan rings is 1. The van der Waals surface area contributed by atoms with E-state index in [2.05, 4.69) is 15.4 Å². The number of hydrogen-bond acceptors (Lipinski definition) is 4. The van der Waals surface area contributed by atoms with Crippen molar-refractivity contribution in [2.45, 2.75) is 13.5 Å². The van der Waals surface area contributed by atoms with Crippen LogP contribution in [-0.2, 0) is 6.54 Å². The molecule has 1 amide bonds. The van der Waals surface area contributed by atoms with Crippen LogP contribution in [-0.4, -0.2) is 20.5 Å². The molecule has 0 aliphatic carbocycles. The summed E-state index contributed by atoms with van der Waals surface area (Å²) in [5.41, 5.74) is 1.98. The van der Waals surface area contributed by atoms with E-state index in [9.17, 15) is 4.79 Å². The van der Waals surface area contributed by atoms with Gasteiger partial charge in [0.25, 0.3) is 5.91 Å². The van der Waals surface area contributed by atoms with Crippen molar-refractivity contribution < 1.29 is 9.21 Å². The molecule has 0 spiro atoms. The van der Waals surface area contributed by atoms with Crippen LogP contribution in [0.3, 0.4) is 0 Å². The predicted molar refractivity (Wildman–Crippen MR) is 67.6 cm³/mol. The van der Waals surface area contributed by atoms with Crippen LogP contribution in [0.25, 0.3) is 5.65 Å². The number of amides is 1. The summed E-state index contributed by atoms with van der Waals surface area (Å²) in [4.78, 5) is 16.3. The Morgan fingerprint density at radius 2 is 2.37 bits per heavy atom. The average Bonchev–Trinajstić information content (AvgIpc) is 3.07. The van der Waals surface area contributed by atoms with Gasteiger partial charge in [-0.2, -0.15) is 5.10 Å². The molecule has 0 fully saturated rings. The molecule has 3 rings (SSSR count). The first kappa shape index (κ1) is 11.5. The predicted octanol–water partition coefficient (Wildman–Crippen LogP) is 1.56. The number of fused-ring (bicyclic) bond motifs is 1. The van der Waals surface area contributed by atoms with Crippen molar-refractivity contribution in [1.29, 1.82) is 0 Å². The Hall–Kier alpha value is -2.63. The Bertz CT molecular complexity index is 715. The molecular formula is C13H12N4O2. The van der Waals surface area contributed by atoms with E-state index >= 15 is 0 Å². The van der Waals surface area contributed by atoms with Gasteiger partial charge in [-0.05, 0) is 19.1 Å². The lowest BCUT2D eigenvalue weighted by Crippen LogP contribution is -2.24. The standard InChI is InChI=1S/C13H12N4O2/c1-9-11(8-14-12-4-5-16-17(9)12)13(18)15-7-10-3-2-6-19-10/h2-6,8H,7H2,1H3,(H,15,18). The zero-order chi connectivity index (χ0) is 13.2. The minimum Gasteiger partial charge on any atom is -0.467 e. The van der Waals surface area contributed by atoms with Gasteiger partial charge in [-0.3, -0.25) is 4.79 Å². The van der Waals surface area contributed by atoms with E-state index in [1.165, 1.54) is 0 Å². The summed E-state index contributed by atoms with van der Waals surface area (Å²) >= 11 is 0. The Kier molecular flexibility index (Phi) is 2.75. The number of aromatic nitrogens is 3. The van der Waals surface area contributed by atoms with Crippen LogP contribution in [0.5, 0.6) is 0 Å². The van der Waals surface area contributed by atoms with Crippen molar-refractivity contribution >= 4 is 11.6 Å². The highest BCUT2D eigenvalue weighted by Gasteiger charge is 2.13. The lowest BCUT2D eigenvalue weighted by molar-refractivity contribution is 0.0946. The second-order valence-corrected chi connectivity index (χ2v) is 4.12. The molecular weight excluding hydrogens is 244 g/mol. The Balaban J connectivity index is 1.83. The van der Waals surface area contributed by atoms with Crippen molar-refractivity contribution in [3.63, 3.8) is 0 Å². The maximum Gasteiger partial charge on any atom is 0.255 e. The van der Waals surface area contributed by atoms with Crippen LogP contribution in [0, 0.1) is 6.92 Å². The summed E-state index contributed by atoms with van der Waals surface area (Å²) in [6.45, 7) is 2.19. The molecule has 0 radical (unpaired) electrons. The summed E-state index contributed by atoms with van der Waals surface area (Å²) in [5, 5.41) is 6.91. The maximum absolute atomic E-state index is 12.1. The third-order valence-corrected chi connectivity index (χ3v) is 2.90. The van der Waals surface area contributed by atoms with E-state index in [0.717, 1.165) is 11.3 Å². The molecule has 0 saturated carbocycles. The molecule has 0 aliphatic rings. The fourth-order valence-corrected chi connectivity index (χ4v) is 1.89. The summed E-state index contributed by atoms with van der Waals surface area (Å²) in [6.07, 6.45) is 4.79. The van der Waals surface area contributed by atoms with Crippen LogP contribution in [0.4, 0.5) is 0 Å². The molecule has 6 nitrogen and oxygen atoms in total. The van der Waals surface area contributed by atoms with Gasteiger partial charge in [0.1, 0.15) is 5.76 Å². The Labute approximate surface area is 109 Å². The molecule has 19 heavy (non-hydrogen) atoms. The zero-order valence-electron chi connectivity index (χ0n) is 10.3. The van der Waals surface area contributed by atoms with Gasteiger partial charge < -0.3 is 9.73 Å². The van der Waals surface area contributed by atoms with Gasteiger partial charge >= 0.3 is 0 Å². The van der Waals surface area contributed by atoms with Gasteiger partial charge in [0, 0.05) is 12.3 Å². The number of carbonyl (C=O) groups is 1. The largest absolute Gasteiger partial charge is 0.467 e. The highest BCUT2D eigenvalue weighted by Crippen LogP contribution is 2.09. The van der Waals surface area contributed by atoms with Crippen LogP contribution in [0.15, 0.2) is 41.3 Å². The normalized spacial score (nSPS) is 10.8. The van der Waals surface area contributed by atoms with Crippen LogP contribution in [0.1, 0.15) is 21.8 Å². The first-order chi connectivity index (χ1) is 9.25. The van der Waals surface area contributed by atoms with Gasteiger partial charge in [0.05, 0.1) is 30.3 Å². The Morgan fingerprint density at radius 3 is 3.16 bits per heavy atom. The van der Waals surface area contributed by atoms with Crippen LogP contribution < -0.4 is 5.32 Å². The number of rotatable bonds is 3. The molecule has 3 heterocycles. The highest BCUT2D eigenvalue weighted by atomic mass is 16.3. The van der Waals surface area contributed by atoms with E-state index in [0.29, 0.717) is 17.9 Å². The molecule has 0 atom stereocenters. The number of nitrogens with one attached hydrogen (secondary N) is 1. The highest BCUT2D eigenvalue weighted by molar-refractivity contribution is 5.95. The first-order valence-corrected chi connectivity index (χ1v) is 5.85. The lowest BCUT2D eigenvalue weighted by atomic mass is 10.2. The molecule has 96 valence electrons. The SMILES string of the molecule is Cc1c(C(=O)NCc2ccco2)cnc2ccnn12. The van der Waals surface area contributed by atoms with Crippen molar-refractivity contribution in [3.05, 3.63) is 53.9 Å². The van der Waals surface area contributed by atoms with Gasteiger partial charge in [0.2, 0.25) is 0 Å². The van der Waals surface area contributed by atoms with Crippen LogP contribution >= 0.6 is 0 Å².